The molecule has 0 aliphatic heterocycles. The minimum absolute atomic E-state index is 0.131. The first-order chi connectivity index (χ1) is 12.9. The molecular weight excluding hydrogens is 382 g/mol. The van der Waals surface area contributed by atoms with E-state index in [1.807, 2.05) is 44.2 Å². The van der Waals surface area contributed by atoms with Crippen LogP contribution in [0.2, 0.25) is 0 Å². The maximum atomic E-state index is 12.3. The fourth-order valence-electron chi connectivity index (χ4n) is 2.29. The Hall–Kier alpha value is -2.65. The summed E-state index contributed by atoms with van der Waals surface area (Å²) in [7, 11) is 0. The predicted molar refractivity (Wildman–Crippen MR) is 108 cm³/mol. The number of hydrogen-bond acceptors (Lipinski definition) is 6. The lowest BCUT2D eigenvalue weighted by molar-refractivity contribution is -0.113. The third-order valence-corrected chi connectivity index (χ3v) is 5.62. The number of benzene rings is 1. The zero-order chi connectivity index (χ0) is 19.4. The molecule has 1 aromatic carbocycles. The molecule has 0 saturated carbocycles. The molecule has 7 nitrogen and oxygen atoms in total. The van der Waals surface area contributed by atoms with Crippen molar-refractivity contribution in [3.05, 3.63) is 47.8 Å². The van der Waals surface area contributed by atoms with Crippen molar-refractivity contribution in [1.82, 2.24) is 15.2 Å². The van der Waals surface area contributed by atoms with E-state index in [4.69, 9.17) is 5.73 Å². The van der Waals surface area contributed by atoms with E-state index in [1.165, 1.54) is 23.1 Å². The largest absolute Gasteiger partial charge is 0.366 e. The van der Waals surface area contributed by atoms with Crippen molar-refractivity contribution in [1.29, 1.82) is 0 Å². The number of nitrogens with one attached hydrogen (secondary N) is 2. The Bertz CT molecular complexity index is 950. The van der Waals surface area contributed by atoms with Gasteiger partial charge in [0.15, 0.2) is 0 Å². The van der Waals surface area contributed by atoms with Crippen LogP contribution in [0.5, 0.6) is 0 Å². The van der Waals surface area contributed by atoms with E-state index in [9.17, 15) is 9.59 Å². The highest BCUT2D eigenvalue weighted by molar-refractivity contribution is 7.99. The molecule has 9 heteroatoms. The number of thiophene rings is 1. The number of thioether (sulfide) groups is 1. The van der Waals surface area contributed by atoms with Crippen LogP contribution in [0.4, 0.5) is 5.00 Å². The van der Waals surface area contributed by atoms with E-state index in [1.54, 1.807) is 6.07 Å². The Morgan fingerprint density at radius 1 is 1.30 bits per heavy atom. The van der Waals surface area contributed by atoms with Gasteiger partial charge in [-0.3, -0.25) is 14.7 Å². The lowest BCUT2D eigenvalue weighted by Gasteiger charge is -2.03. The Morgan fingerprint density at radius 2 is 2.04 bits per heavy atom. The maximum absolute atomic E-state index is 12.3. The minimum atomic E-state index is -0.577. The van der Waals surface area contributed by atoms with E-state index in [-0.39, 0.29) is 17.6 Å². The lowest BCUT2D eigenvalue weighted by atomic mass is 10.1. The molecule has 2 aromatic heterocycles. The highest BCUT2D eigenvalue weighted by Crippen LogP contribution is 2.35. The van der Waals surface area contributed by atoms with E-state index in [0.717, 1.165) is 16.3 Å². The maximum Gasteiger partial charge on any atom is 0.251 e. The van der Waals surface area contributed by atoms with Crippen molar-refractivity contribution in [2.45, 2.75) is 24.9 Å². The first-order valence-electron chi connectivity index (χ1n) is 8.28. The zero-order valence-corrected chi connectivity index (χ0v) is 16.5. The summed E-state index contributed by atoms with van der Waals surface area (Å²) in [4.78, 5) is 29.2. The summed E-state index contributed by atoms with van der Waals surface area (Å²) < 4.78 is 0. The SMILES string of the molecule is CC(C)c1nc(SCC(=O)Nc2sc(-c3ccccc3)cc2C(N)=O)n[nH]1. The first kappa shape index (κ1) is 19.1. The number of aromatic nitrogens is 3. The molecule has 0 bridgehead atoms. The van der Waals surface area contributed by atoms with Crippen molar-refractivity contribution in [2.75, 3.05) is 11.1 Å². The summed E-state index contributed by atoms with van der Waals surface area (Å²) in [6, 6.07) is 11.3. The van der Waals surface area contributed by atoms with Crippen molar-refractivity contribution < 1.29 is 9.59 Å². The molecule has 3 rings (SSSR count). The molecule has 3 aromatic rings. The number of carbonyl (C=O) groups excluding carboxylic acids is 2. The summed E-state index contributed by atoms with van der Waals surface area (Å²) >= 11 is 2.55. The molecule has 0 aliphatic carbocycles. The highest BCUT2D eigenvalue weighted by atomic mass is 32.2. The molecule has 2 heterocycles. The number of nitrogens with two attached hydrogens (primary N) is 1. The fraction of sp³-hybridized carbons (Fsp3) is 0.222. The molecule has 0 spiro atoms. The van der Waals surface area contributed by atoms with E-state index < -0.39 is 5.91 Å². The molecule has 0 aliphatic rings. The minimum Gasteiger partial charge on any atom is -0.366 e. The van der Waals surface area contributed by atoms with Crippen LogP contribution < -0.4 is 11.1 Å². The van der Waals surface area contributed by atoms with Crippen molar-refractivity contribution in [2.24, 2.45) is 5.73 Å². The van der Waals surface area contributed by atoms with Gasteiger partial charge in [0.25, 0.3) is 5.91 Å². The molecule has 0 fully saturated rings. The van der Waals surface area contributed by atoms with Crippen LogP contribution in [-0.2, 0) is 4.79 Å². The number of nitrogens with zero attached hydrogens (tertiary/aromatic N) is 2. The molecule has 140 valence electrons. The topological polar surface area (TPSA) is 114 Å². The monoisotopic (exact) mass is 401 g/mol. The van der Waals surface area contributed by atoms with Crippen molar-refractivity contribution in [3.8, 4) is 10.4 Å². The van der Waals surface area contributed by atoms with E-state index >= 15 is 0 Å². The van der Waals surface area contributed by atoms with Gasteiger partial charge in [-0.2, -0.15) is 0 Å². The van der Waals surface area contributed by atoms with Gasteiger partial charge in [-0.1, -0.05) is 55.9 Å². The van der Waals surface area contributed by atoms with Gasteiger partial charge in [0.2, 0.25) is 11.1 Å². The van der Waals surface area contributed by atoms with Gasteiger partial charge in [-0.25, -0.2) is 4.98 Å². The molecular formula is C18H19N5O2S2. The number of anilines is 1. The van der Waals surface area contributed by atoms with Crippen LogP contribution in [0.3, 0.4) is 0 Å². The average Bonchev–Trinajstić information content (AvgIpc) is 3.28. The zero-order valence-electron chi connectivity index (χ0n) is 14.9. The van der Waals surface area contributed by atoms with Gasteiger partial charge >= 0.3 is 0 Å². The van der Waals surface area contributed by atoms with Crippen LogP contribution in [0, 0.1) is 0 Å². The van der Waals surface area contributed by atoms with Crippen molar-refractivity contribution >= 4 is 39.9 Å². The highest BCUT2D eigenvalue weighted by Gasteiger charge is 2.17. The number of carbonyl (C=O) groups is 2. The summed E-state index contributed by atoms with van der Waals surface area (Å²) in [6.45, 7) is 4.02. The summed E-state index contributed by atoms with van der Waals surface area (Å²) in [6.07, 6.45) is 0. The van der Waals surface area contributed by atoms with Crippen LogP contribution in [-0.4, -0.2) is 32.7 Å². The Morgan fingerprint density at radius 3 is 2.67 bits per heavy atom. The average molecular weight is 402 g/mol. The van der Waals surface area contributed by atoms with Gasteiger partial charge in [-0.15, -0.1) is 16.4 Å². The van der Waals surface area contributed by atoms with Crippen LogP contribution >= 0.6 is 23.1 Å². The van der Waals surface area contributed by atoms with Gasteiger partial charge in [0.05, 0.1) is 11.3 Å². The second kappa shape index (κ2) is 8.36. The van der Waals surface area contributed by atoms with Gasteiger partial charge < -0.3 is 11.1 Å². The predicted octanol–water partition coefficient (Wildman–Crippen LogP) is 3.49. The number of aromatic amines is 1. The molecule has 27 heavy (non-hydrogen) atoms. The molecule has 4 N–H and O–H groups in total. The van der Waals surface area contributed by atoms with Gasteiger partial charge in [0.1, 0.15) is 10.8 Å². The van der Waals surface area contributed by atoms with E-state index in [0.29, 0.717) is 15.7 Å². The molecule has 0 atom stereocenters. The number of hydrogen-bond donors (Lipinski definition) is 3. The third kappa shape index (κ3) is 4.75. The number of primary amides is 1. The van der Waals surface area contributed by atoms with Crippen LogP contribution in [0.15, 0.2) is 41.6 Å². The molecule has 0 radical (unpaired) electrons. The number of amides is 2. The van der Waals surface area contributed by atoms with Gasteiger partial charge in [-0.05, 0) is 11.6 Å². The molecule has 2 amide bonds. The van der Waals surface area contributed by atoms with Crippen molar-refractivity contribution in [3.63, 3.8) is 0 Å². The number of H-pyrrole nitrogens is 1. The normalized spacial score (nSPS) is 10.9. The van der Waals surface area contributed by atoms with Gasteiger partial charge in [0, 0.05) is 10.8 Å². The third-order valence-electron chi connectivity index (χ3n) is 3.67. The smallest absolute Gasteiger partial charge is 0.251 e. The Balaban J connectivity index is 1.69. The first-order valence-corrected chi connectivity index (χ1v) is 10.1. The lowest BCUT2D eigenvalue weighted by Crippen LogP contribution is -2.17. The molecule has 0 saturated heterocycles. The fourth-order valence-corrected chi connectivity index (χ4v) is 3.98. The summed E-state index contributed by atoms with van der Waals surface area (Å²) in [5.74, 6) is 0.319. The summed E-state index contributed by atoms with van der Waals surface area (Å²) in [5, 5.41) is 10.7. The second-order valence-corrected chi connectivity index (χ2v) is 8.07. The summed E-state index contributed by atoms with van der Waals surface area (Å²) in [5.41, 5.74) is 6.73. The van der Waals surface area contributed by atoms with Crippen LogP contribution in [0.1, 0.15) is 35.9 Å². The number of rotatable bonds is 7. The standard InChI is InChI=1S/C18H19N5O2S2/c1-10(2)16-21-18(23-22-16)26-9-14(24)20-17-12(15(19)25)8-13(27-17)11-6-4-3-5-7-11/h3-8,10H,9H2,1-2H3,(H2,19,25)(H,20,24)(H,21,22,23). The Labute approximate surface area is 164 Å². The van der Waals surface area contributed by atoms with Crippen LogP contribution in [0.25, 0.3) is 10.4 Å². The quantitative estimate of drug-likeness (QED) is 0.525. The molecule has 0 unspecified atom stereocenters. The van der Waals surface area contributed by atoms with E-state index in [2.05, 4.69) is 20.5 Å². The Kier molecular flexibility index (Phi) is 5.92. The second-order valence-electron chi connectivity index (χ2n) is 6.08.